The van der Waals surface area contributed by atoms with Crippen molar-refractivity contribution in [2.75, 3.05) is 28.4 Å². The zero-order valence-electron chi connectivity index (χ0n) is 20.2. The van der Waals surface area contributed by atoms with Gasteiger partial charge in [-0.25, -0.2) is 0 Å². The quantitative estimate of drug-likeness (QED) is 0.445. The molecule has 1 aliphatic heterocycles. The summed E-state index contributed by atoms with van der Waals surface area (Å²) in [7, 11) is 6.73. The average Bonchev–Trinajstić information content (AvgIpc) is 2.76. The maximum absolute atomic E-state index is 10.5. The fraction of sp³-hybridized carbons (Fsp3) is 0.833. The first-order valence-electron chi connectivity index (χ1n) is 11.1. The minimum Gasteiger partial charge on any atom is -0.393 e. The summed E-state index contributed by atoms with van der Waals surface area (Å²) in [5.74, 6) is 0.506. The van der Waals surface area contributed by atoms with Crippen LogP contribution in [0.5, 0.6) is 0 Å². The molecular weight excluding hydrogens is 384 g/mol. The molecule has 6 heteroatoms. The van der Waals surface area contributed by atoms with Crippen LogP contribution < -0.4 is 0 Å². The van der Waals surface area contributed by atoms with Crippen molar-refractivity contribution < 1.29 is 28.8 Å². The van der Waals surface area contributed by atoms with Gasteiger partial charge in [-0.3, -0.25) is 0 Å². The van der Waals surface area contributed by atoms with E-state index in [1.807, 2.05) is 32.1 Å². The van der Waals surface area contributed by atoms with Crippen molar-refractivity contribution >= 4 is 0 Å². The van der Waals surface area contributed by atoms with Gasteiger partial charge in [-0.05, 0) is 37.7 Å². The van der Waals surface area contributed by atoms with E-state index >= 15 is 0 Å². The molecule has 1 fully saturated rings. The molecule has 176 valence electrons. The Morgan fingerprint density at radius 1 is 1.07 bits per heavy atom. The van der Waals surface area contributed by atoms with Crippen molar-refractivity contribution in [2.45, 2.75) is 90.2 Å². The summed E-state index contributed by atoms with van der Waals surface area (Å²) in [6, 6.07) is 0. The van der Waals surface area contributed by atoms with E-state index in [9.17, 15) is 5.11 Å². The average molecular weight is 429 g/mol. The maximum Gasteiger partial charge on any atom is 0.184 e. The first-order chi connectivity index (χ1) is 14.3. The number of hydrogen-bond donors (Lipinski definition) is 1. The Balaban J connectivity index is 2.63. The molecule has 1 heterocycles. The van der Waals surface area contributed by atoms with Gasteiger partial charge in [0.05, 0.1) is 18.3 Å². The normalized spacial score (nSPS) is 29.7. The minimum absolute atomic E-state index is 0.0685. The second-order valence-electron chi connectivity index (χ2n) is 8.40. The van der Waals surface area contributed by atoms with Crippen molar-refractivity contribution in [1.29, 1.82) is 0 Å². The van der Waals surface area contributed by atoms with Gasteiger partial charge >= 0.3 is 0 Å². The Labute approximate surface area is 183 Å². The van der Waals surface area contributed by atoms with E-state index in [2.05, 4.69) is 13.8 Å². The Kier molecular flexibility index (Phi) is 13.0. The summed E-state index contributed by atoms with van der Waals surface area (Å²) < 4.78 is 28.1. The smallest absolute Gasteiger partial charge is 0.184 e. The van der Waals surface area contributed by atoms with Crippen molar-refractivity contribution in [3.8, 4) is 0 Å². The summed E-state index contributed by atoms with van der Waals surface area (Å²) >= 11 is 0. The van der Waals surface area contributed by atoms with Crippen LogP contribution in [0.3, 0.4) is 0 Å². The molecular formula is C24H44O6. The Morgan fingerprint density at radius 2 is 1.73 bits per heavy atom. The molecule has 1 rings (SSSR count). The van der Waals surface area contributed by atoms with Gasteiger partial charge in [0.2, 0.25) is 0 Å². The first-order valence-corrected chi connectivity index (χ1v) is 11.1. The summed E-state index contributed by atoms with van der Waals surface area (Å²) in [5, 5.41) is 10.5. The molecule has 30 heavy (non-hydrogen) atoms. The number of methoxy groups -OCH3 is 4. The zero-order valence-corrected chi connectivity index (χ0v) is 20.2. The lowest BCUT2D eigenvalue weighted by atomic mass is 9.91. The Bertz CT molecular complexity index is 516. The Hall–Kier alpha value is -0.760. The number of aliphatic hydroxyl groups is 1. The van der Waals surface area contributed by atoms with Crippen molar-refractivity contribution in [3.05, 3.63) is 23.8 Å². The van der Waals surface area contributed by atoms with Crippen LogP contribution in [0.1, 0.15) is 53.4 Å². The van der Waals surface area contributed by atoms with Crippen LogP contribution in [0.25, 0.3) is 0 Å². The van der Waals surface area contributed by atoms with Crippen LogP contribution in [-0.4, -0.2) is 70.4 Å². The molecule has 1 saturated heterocycles. The standard InChI is InChI=1S/C24H44O6/c1-9-20(26-5)17(3)13-14-19(25)16(2)11-10-12-18(4)23-21(27-6)15-22(28-7)24(29-8)30-23/h10-12,16-17,19-25H,9,13-15H2,1-8H3/b11-10+,18-12+/t16-,17-,19-,20-,21-,22+,23+,24-/m0/s1. The van der Waals surface area contributed by atoms with E-state index in [0.717, 1.165) is 24.8 Å². The first kappa shape index (κ1) is 27.3. The van der Waals surface area contributed by atoms with Gasteiger partial charge < -0.3 is 28.8 Å². The number of ether oxygens (including phenoxy) is 5. The molecule has 0 aliphatic carbocycles. The highest BCUT2D eigenvalue weighted by Crippen LogP contribution is 2.29. The number of hydrogen-bond acceptors (Lipinski definition) is 6. The molecule has 0 bridgehead atoms. The second-order valence-corrected chi connectivity index (χ2v) is 8.40. The van der Waals surface area contributed by atoms with E-state index in [4.69, 9.17) is 23.7 Å². The largest absolute Gasteiger partial charge is 0.393 e. The molecule has 0 aromatic carbocycles. The third-order valence-corrected chi connectivity index (χ3v) is 6.31. The molecule has 0 amide bonds. The summed E-state index contributed by atoms with van der Waals surface area (Å²) in [4.78, 5) is 0. The predicted molar refractivity (Wildman–Crippen MR) is 119 cm³/mol. The van der Waals surface area contributed by atoms with Crippen LogP contribution in [0.2, 0.25) is 0 Å². The minimum atomic E-state index is -0.416. The predicted octanol–water partition coefficient (Wildman–Crippen LogP) is 4.12. The van der Waals surface area contributed by atoms with Crippen LogP contribution >= 0.6 is 0 Å². The van der Waals surface area contributed by atoms with Gasteiger partial charge in [-0.2, -0.15) is 0 Å². The van der Waals surface area contributed by atoms with Crippen molar-refractivity contribution in [3.63, 3.8) is 0 Å². The SMILES string of the molecule is CC[C@H](OC)[C@@H](C)CC[C@H](O)[C@@H](C)/C=C/C=C(\C)[C@H]1O[C@H](OC)[C@H](OC)C[C@@H]1OC. The van der Waals surface area contributed by atoms with Gasteiger partial charge in [0.25, 0.3) is 0 Å². The summed E-state index contributed by atoms with van der Waals surface area (Å²) in [6.07, 6.45) is 8.51. The second kappa shape index (κ2) is 14.3. The zero-order chi connectivity index (χ0) is 22.7. The maximum atomic E-state index is 10.5. The summed E-state index contributed by atoms with van der Waals surface area (Å²) in [5.41, 5.74) is 1.05. The molecule has 0 aromatic rings. The lowest BCUT2D eigenvalue weighted by molar-refractivity contribution is -0.256. The van der Waals surface area contributed by atoms with Gasteiger partial charge in [-0.15, -0.1) is 0 Å². The highest BCUT2D eigenvalue weighted by molar-refractivity contribution is 5.17. The molecule has 0 aromatic heterocycles. The number of allylic oxidation sites excluding steroid dienone is 2. The molecule has 0 radical (unpaired) electrons. The van der Waals surface area contributed by atoms with Gasteiger partial charge in [0.15, 0.2) is 6.29 Å². The van der Waals surface area contributed by atoms with Crippen LogP contribution in [0, 0.1) is 11.8 Å². The third kappa shape index (κ3) is 8.06. The third-order valence-electron chi connectivity index (χ3n) is 6.31. The lowest BCUT2D eigenvalue weighted by Gasteiger charge is -2.39. The van der Waals surface area contributed by atoms with Crippen LogP contribution in [-0.2, 0) is 23.7 Å². The van der Waals surface area contributed by atoms with E-state index in [1.54, 1.807) is 28.4 Å². The van der Waals surface area contributed by atoms with E-state index < -0.39 is 6.29 Å². The van der Waals surface area contributed by atoms with Crippen molar-refractivity contribution in [2.24, 2.45) is 11.8 Å². The fourth-order valence-corrected chi connectivity index (χ4v) is 4.11. The number of rotatable bonds is 13. The fourth-order valence-electron chi connectivity index (χ4n) is 4.11. The molecule has 6 nitrogen and oxygen atoms in total. The molecule has 1 aliphatic rings. The van der Waals surface area contributed by atoms with Gasteiger partial charge in [0.1, 0.15) is 12.2 Å². The molecule has 8 atom stereocenters. The number of aliphatic hydroxyl groups excluding tert-OH is 1. The van der Waals surface area contributed by atoms with E-state index in [1.165, 1.54) is 0 Å². The summed E-state index contributed by atoms with van der Waals surface area (Å²) in [6.45, 7) is 8.39. The Morgan fingerprint density at radius 3 is 2.27 bits per heavy atom. The lowest BCUT2D eigenvalue weighted by Crippen LogP contribution is -2.49. The molecule has 0 unspecified atom stereocenters. The van der Waals surface area contributed by atoms with Gasteiger partial charge in [-0.1, -0.05) is 39.0 Å². The molecule has 0 spiro atoms. The van der Waals surface area contributed by atoms with Crippen LogP contribution in [0.4, 0.5) is 0 Å². The van der Waals surface area contributed by atoms with E-state index in [0.29, 0.717) is 12.3 Å². The monoisotopic (exact) mass is 428 g/mol. The highest BCUT2D eigenvalue weighted by atomic mass is 16.7. The van der Waals surface area contributed by atoms with Crippen molar-refractivity contribution in [1.82, 2.24) is 0 Å². The molecule has 1 N–H and O–H groups in total. The topological polar surface area (TPSA) is 66.4 Å². The molecule has 0 saturated carbocycles. The van der Waals surface area contributed by atoms with E-state index in [-0.39, 0.29) is 36.4 Å². The van der Waals surface area contributed by atoms with Crippen LogP contribution in [0.15, 0.2) is 23.8 Å². The van der Waals surface area contributed by atoms with Gasteiger partial charge in [0, 0.05) is 40.8 Å². The highest BCUT2D eigenvalue weighted by Gasteiger charge is 2.39.